The van der Waals surface area contributed by atoms with Crippen molar-refractivity contribution in [2.75, 3.05) is 0 Å². The Labute approximate surface area is 195 Å². The second-order valence-corrected chi connectivity index (χ2v) is 8.15. The molecule has 1 atom stereocenters. The summed E-state index contributed by atoms with van der Waals surface area (Å²) in [6.07, 6.45) is 2.62. The highest BCUT2D eigenvalue weighted by Crippen LogP contribution is 2.24. The average Bonchev–Trinajstić information content (AvgIpc) is 2.71. The average molecular weight is 478 g/mol. The van der Waals surface area contributed by atoms with Crippen LogP contribution in [0.2, 0.25) is 0 Å². The van der Waals surface area contributed by atoms with Gasteiger partial charge in [-0.15, -0.1) is 0 Å². The number of hydrazone groups is 1. The molecular formula is C24H26F4N4O2. The van der Waals surface area contributed by atoms with Gasteiger partial charge in [0.2, 0.25) is 11.8 Å². The Hall–Kier alpha value is -3.69. The summed E-state index contributed by atoms with van der Waals surface area (Å²) in [6, 6.07) is 5.08. The van der Waals surface area contributed by atoms with Crippen LogP contribution in [0.5, 0.6) is 0 Å². The summed E-state index contributed by atoms with van der Waals surface area (Å²) in [6.45, 7) is 6.44. The van der Waals surface area contributed by atoms with Crippen LogP contribution in [0.3, 0.4) is 0 Å². The van der Waals surface area contributed by atoms with Crippen LogP contribution in [-0.2, 0) is 21.4 Å². The van der Waals surface area contributed by atoms with Gasteiger partial charge in [-0.05, 0) is 49.2 Å². The summed E-state index contributed by atoms with van der Waals surface area (Å²) in [7, 11) is 0. The third-order valence-electron chi connectivity index (χ3n) is 4.80. The lowest BCUT2D eigenvalue weighted by atomic mass is 9.85. The lowest BCUT2D eigenvalue weighted by molar-refractivity contribution is -0.127. The molecule has 34 heavy (non-hydrogen) atoms. The van der Waals surface area contributed by atoms with Crippen LogP contribution in [0, 0.1) is 23.3 Å². The zero-order valence-corrected chi connectivity index (χ0v) is 19.2. The first-order chi connectivity index (χ1) is 15.9. The topological polar surface area (TPSA) is 82.6 Å². The molecule has 0 aromatic heterocycles. The van der Waals surface area contributed by atoms with E-state index < -0.39 is 46.5 Å². The number of hydrogen-bond donors (Lipinski definition) is 3. The smallest absolute Gasteiger partial charge is 0.247 e. The summed E-state index contributed by atoms with van der Waals surface area (Å²) in [4.78, 5) is 24.5. The Morgan fingerprint density at radius 1 is 1.03 bits per heavy atom. The number of amides is 2. The first-order valence-corrected chi connectivity index (χ1v) is 10.4. The van der Waals surface area contributed by atoms with E-state index in [4.69, 9.17) is 0 Å². The molecule has 10 heteroatoms. The number of allylic oxidation sites excluding steroid dienone is 1. The third kappa shape index (κ3) is 7.72. The molecule has 0 unspecified atom stereocenters. The molecule has 2 rings (SSSR count). The van der Waals surface area contributed by atoms with Crippen LogP contribution in [0.25, 0.3) is 0 Å². The van der Waals surface area contributed by atoms with Crippen molar-refractivity contribution < 1.29 is 27.2 Å². The predicted octanol–water partition coefficient (Wildman–Crippen LogP) is 3.82. The van der Waals surface area contributed by atoms with Gasteiger partial charge in [0.05, 0.1) is 6.42 Å². The van der Waals surface area contributed by atoms with Gasteiger partial charge in [-0.1, -0.05) is 19.9 Å². The zero-order valence-electron chi connectivity index (χ0n) is 19.2. The van der Waals surface area contributed by atoms with Gasteiger partial charge in [-0.3, -0.25) is 15.0 Å². The van der Waals surface area contributed by atoms with Crippen LogP contribution in [0.1, 0.15) is 38.8 Å². The van der Waals surface area contributed by atoms with E-state index in [0.717, 1.165) is 24.3 Å². The quantitative estimate of drug-likeness (QED) is 0.291. The minimum Gasteiger partial charge on any atom is -0.344 e. The molecule has 0 bridgehead atoms. The maximum atomic E-state index is 14.1. The van der Waals surface area contributed by atoms with E-state index in [1.807, 2.05) is 0 Å². The van der Waals surface area contributed by atoms with Crippen molar-refractivity contribution >= 4 is 18.0 Å². The number of carbonyl (C=O) groups is 2. The van der Waals surface area contributed by atoms with Gasteiger partial charge in [-0.2, -0.15) is 5.10 Å². The van der Waals surface area contributed by atoms with Crippen molar-refractivity contribution in [3.05, 3.63) is 82.7 Å². The summed E-state index contributed by atoms with van der Waals surface area (Å²) in [5.41, 5.74) is 2.11. The Balaban J connectivity index is 1.92. The van der Waals surface area contributed by atoms with Gasteiger partial charge in [0.25, 0.3) is 0 Å². The molecule has 0 aliphatic carbocycles. The number of benzene rings is 2. The SMILES string of the molecule is C/C=C(\N/N=C/C(C)(C)c1ccc(F)cc1F)NC(=O)[C@H](C)NC(=O)Cc1cc(F)cc(F)c1. The van der Waals surface area contributed by atoms with Crippen molar-refractivity contribution in [1.29, 1.82) is 0 Å². The molecule has 2 amide bonds. The number of rotatable bonds is 9. The highest BCUT2D eigenvalue weighted by atomic mass is 19.1. The van der Waals surface area contributed by atoms with Gasteiger partial charge in [0.15, 0.2) is 0 Å². The van der Waals surface area contributed by atoms with Gasteiger partial charge >= 0.3 is 0 Å². The second kappa shape index (κ2) is 11.4. The van der Waals surface area contributed by atoms with Crippen LogP contribution < -0.4 is 16.1 Å². The lowest BCUT2D eigenvalue weighted by Gasteiger charge is -2.21. The van der Waals surface area contributed by atoms with E-state index in [1.54, 1.807) is 20.8 Å². The normalized spacial score (nSPS) is 13.0. The zero-order chi connectivity index (χ0) is 25.5. The molecule has 2 aromatic carbocycles. The van der Waals surface area contributed by atoms with Crippen molar-refractivity contribution in [1.82, 2.24) is 16.1 Å². The standard InChI is InChI=1S/C24H26F4N4O2/c1-5-21(32-29-13-24(3,4)19-7-6-16(25)12-20(19)28)31-23(34)14(2)30-22(33)10-15-8-17(26)11-18(27)9-15/h5-9,11-14,32H,10H2,1-4H3,(H,30,33)(H,31,34)/b21-5-,29-13+/t14-/m0/s1. The monoisotopic (exact) mass is 478 g/mol. The summed E-state index contributed by atoms with van der Waals surface area (Å²) < 4.78 is 53.8. The molecule has 182 valence electrons. The fourth-order valence-electron chi connectivity index (χ4n) is 3.01. The Kier molecular flexibility index (Phi) is 8.94. The molecule has 0 spiro atoms. The van der Waals surface area contributed by atoms with E-state index >= 15 is 0 Å². The van der Waals surface area contributed by atoms with E-state index in [2.05, 4.69) is 21.2 Å². The molecule has 6 nitrogen and oxygen atoms in total. The number of nitrogens with zero attached hydrogens (tertiary/aromatic N) is 1. The molecular weight excluding hydrogens is 452 g/mol. The van der Waals surface area contributed by atoms with Crippen LogP contribution >= 0.6 is 0 Å². The van der Waals surface area contributed by atoms with Crippen LogP contribution in [-0.4, -0.2) is 24.1 Å². The number of halogens is 4. The number of carbonyl (C=O) groups excluding carboxylic acids is 2. The number of nitrogens with one attached hydrogen (secondary N) is 3. The first kappa shape index (κ1) is 26.6. The van der Waals surface area contributed by atoms with Crippen molar-refractivity contribution in [2.24, 2.45) is 5.10 Å². The fraction of sp³-hybridized carbons (Fsp3) is 0.292. The predicted molar refractivity (Wildman–Crippen MR) is 121 cm³/mol. The van der Waals surface area contributed by atoms with E-state index in [-0.39, 0.29) is 23.4 Å². The van der Waals surface area contributed by atoms with Crippen molar-refractivity contribution in [3.63, 3.8) is 0 Å². The molecule has 0 heterocycles. The summed E-state index contributed by atoms with van der Waals surface area (Å²) in [5, 5.41) is 9.01. The van der Waals surface area contributed by atoms with E-state index in [9.17, 15) is 27.2 Å². The Bertz CT molecular complexity index is 1100. The molecule has 0 saturated carbocycles. The molecule has 0 aliphatic heterocycles. The van der Waals surface area contributed by atoms with Crippen molar-refractivity contribution in [2.45, 2.75) is 45.6 Å². The lowest BCUT2D eigenvalue weighted by Crippen LogP contribution is -2.46. The molecule has 0 aliphatic rings. The molecule has 0 radical (unpaired) electrons. The molecule has 0 fully saturated rings. The Morgan fingerprint density at radius 3 is 2.26 bits per heavy atom. The largest absolute Gasteiger partial charge is 0.344 e. The van der Waals surface area contributed by atoms with E-state index in [1.165, 1.54) is 25.3 Å². The maximum absolute atomic E-state index is 14.1. The first-order valence-electron chi connectivity index (χ1n) is 10.4. The van der Waals surface area contributed by atoms with Crippen LogP contribution in [0.15, 0.2) is 53.4 Å². The fourth-order valence-corrected chi connectivity index (χ4v) is 3.01. The minimum absolute atomic E-state index is 0.132. The summed E-state index contributed by atoms with van der Waals surface area (Å²) in [5.74, 6) is -3.96. The third-order valence-corrected chi connectivity index (χ3v) is 4.80. The highest BCUT2D eigenvalue weighted by Gasteiger charge is 2.23. The molecule has 0 saturated heterocycles. The van der Waals surface area contributed by atoms with Gasteiger partial charge < -0.3 is 10.6 Å². The maximum Gasteiger partial charge on any atom is 0.247 e. The summed E-state index contributed by atoms with van der Waals surface area (Å²) >= 11 is 0. The molecule has 2 aromatic rings. The van der Waals surface area contributed by atoms with Gasteiger partial charge in [0.1, 0.15) is 35.1 Å². The Morgan fingerprint density at radius 2 is 1.68 bits per heavy atom. The van der Waals surface area contributed by atoms with Gasteiger partial charge in [-0.25, -0.2) is 17.6 Å². The van der Waals surface area contributed by atoms with E-state index in [0.29, 0.717) is 6.07 Å². The van der Waals surface area contributed by atoms with Crippen molar-refractivity contribution in [3.8, 4) is 0 Å². The van der Waals surface area contributed by atoms with Crippen LogP contribution in [0.4, 0.5) is 17.6 Å². The second-order valence-electron chi connectivity index (χ2n) is 8.15. The van der Waals surface area contributed by atoms with Gasteiger partial charge in [0, 0.05) is 23.8 Å². The number of hydrogen-bond acceptors (Lipinski definition) is 4. The molecule has 3 N–H and O–H groups in total. The highest BCUT2D eigenvalue weighted by molar-refractivity contribution is 5.88. The minimum atomic E-state index is -0.962.